The quantitative estimate of drug-likeness (QED) is 0.874. The maximum absolute atomic E-state index is 12.5. The van der Waals surface area contributed by atoms with Gasteiger partial charge in [-0.2, -0.15) is 0 Å². The Morgan fingerprint density at radius 2 is 1.84 bits per heavy atom. The van der Waals surface area contributed by atoms with Gasteiger partial charge in [-0.3, -0.25) is 14.6 Å². The van der Waals surface area contributed by atoms with E-state index in [0.29, 0.717) is 30.0 Å². The second-order valence-electron chi connectivity index (χ2n) is 5.39. The van der Waals surface area contributed by atoms with Gasteiger partial charge >= 0.3 is 5.97 Å². The van der Waals surface area contributed by atoms with Crippen LogP contribution in [0.2, 0.25) is 0 Å². The maximum atomic E-state index is 12.5. The zero-order valence-corrected chi connectivity index (χ0v) is 14.8. The Bertz CT molecular complexity index is 728. The summed E-state index contributed by atoms with van der Waals surface area (Å²) in [5, 5.41) is 9.03. The molecule has 0 aliphatic carbocycles. The molecule has 1 atom stereocenters. The minimum atomic E-state index is -0.852. The van der Waals surface area contributed by atoms with Crippen molar-refractivity contribution in [2.75, 3.05) is 13.1 Å². The molecule has 134 valence electrons. The minimum absolute atomic E-state index is 0. The Kier molecular flexibility index (Phi) is 7.67. The van der Waals surface area contributed by atoms with E-state index in [2.05, 4.69) is 4.98 Å². The van der Waals surface area contributed by atoms with Crippen LogP contribution in [0.15, 0.2) is 48.8 Å². The molecule has 8 heteroatoms. The van der Waals surface area contributed by atoms with E-state index in [1.165, 1.54) is 0 Å². The summed E-state index contributed by atoms with van der Waals surface area (Å²) < 4.78 is 5.69. The van der Waals surface area contributed by atoms with Crippen molar-refractivity contribution in [1.82, 2.24) is 9.88 Å². The molecule has 1 unspecified atom stereocenters. The summed E-state index contributed by atoms with van der Waals surface area (Å²) in [6.07, 6.45) is 3.75. The topological polar surface area (TPSA) is 79.7 Å². The van der Waals surface area contributed by atoms with Crippen LogP contribution in [0.3, 0.4) is 0 Å². The first kappa shape index (κ1) is 20.7. The van der Waals surface area contributed by atoms with Crippen LogP contribution in [-0.4, -0.2) is 40.0 Å². The summed E-state index contributed by atoms with van der Waals surface area (Å²) in [7, 11) is 0. The summed E-state index contributed by atoms with van der Waals surface area (Å²) >= 11 is 0. The largest absolute Gasteiger partial charge is 0.481 e. The Labute approximate surface area is 157 Å². The van der Waals surface area contributed by atoms with Crippen molar-refractivity contribution >= 4 is 36.7 Å². The van der Waals surface area contributed by atoms with Crippen LogP contribution in [-0.2, 0) is 4.79 Å². The highest BCUT2D eigenvalue weighted by Gasteiger charge is 2.31. The highest BCUT2D eigenvalue weighted by atomic mass is 35.5. The lowest BCUT2D eigenvalue weighted by Gasteiger charge is -2.16. The molecule has 0 spiro atoms. The number of aromatic nitrogens is 1. The number of hydrogen-bond acceptors (Lipinski definition) is 4. The molecule has 25 heavy (non-hydrogen) atoms. The van der Waals surface area contributed by atoms with Gasteiger partial charge in [-0.15, -0.1) is 24.8 Å². The summed E-state index contributed by atoms with van der Waals surface area (Å²) in [5.74, 6) is -0.313. The Morgan fingerprint density at radius 1 is 1.12 bits per heavy atom. The van der Waals surface area contributed by atoms with E-state index in [0.717, 1.165) is 0 Å². The van der Waals surface area contributed by atoms with E-state index in [1.807, 2.05) is 0 Å². The second-order valence-corrected chi connectivity index (χ2v) is 5.39. The van der Waals surface area contributed by atoms with Crippen molar-refractivity contribution in [3.8, 4) is 11.5 Å². The first-order chi connectivity index (χ1) is 11.1. The van der Waals surface area contributed by atoms with E-state index in [-0.39, 0.29) is 37.3 Å². The van der Waals surface area contributed by atoms with Crippen LogP contribution in [0.1, 0.15) is 16.8 Å². The number of nitrogens with zero attached hydrogens (tertiary/aromatic N) is 2. The number of carboxylic acids is 1. The molecule has 0 radical (unpaired) electrons. The number of likely N-dealkylation sites (tertiary alicyclic amines) is 1. The van der Waals surface area contributed by atoms with Gasteiger partial charge < -0.3 is 14.7 Å². The lowest BCUT2D eigenvalue weighted by molar-refractivity contribution is -0.141. The summed E-state index contributed by atoms with van der Waals surface area (Å²) in [4.78, 5) is 29.0. The first-order valence-corrected chi connectivity index (χ1v) is 7.33. The van der Waals surface area contributed by atoms with Crippen molar-refractivity contribution in [2.24, 2.45) is 5.92 Å². The molecule has 1 aliphatic rings. The van der Waals surface area contributed by atoms with Gasteiger partial charge in [0.1, 0.15) is 11.5 Å². The smallest absolute Gasteiger partial charge is 0.308 e. The summed E-state index contributed by atoms with van der Waals surface area (Å²) in [6, 6.07) is 10.3. The molecule has 1 fully saturated rings. The molecular weight excluding hydrogens is 367 g/mol. The fourth-order valence-corrected chi connectivity index (χ4v) is 2.56. The minimum Gasteiger partial charge on any atom is -0.481 e. The molecule has 1 N–H and O–H groups in total. The molecule has 1 aromatic heterocycles. The number of rotatable bonds is 4. The zero-order valence-electron chi connectivity index (χ0n) is 13.2. The predicted octanol–water partition coefficient (Wildman–Crippen LogP) is 3.26. The highest BCUT2D eigenvalue weighted by molar-refractivity contribution is 5.95. The van der Waals surface area contributed by atoms with Crippen LogP contribution in [0.4, 0.5) is 0 Å². The van der Waals surface area contributed by atoms with Gasteiger partial charge in [0.15, 0.2) is 0 Å². The van der Waals surface area contributed by atoms with E-state index in [1.54, 1.807) is 53.7 Å². The normalized spacial score (nSPS) is 15.7. The van der Waals surface area contributed by atoms with Gasteiger partial charge in [0.25, 0.3) is 5.91 Å². The fraction of sp³-hybridized carbons (Fsp3) is 0.235. The molecule has 1 saturated heterocycles. The molecule has 2 aromatic rings. The van der Waals surface area contributed by atoms with Gasteiger partial charge in [-0.1, -0.05) is 6.07 Å². The molecule has 0 saturated carbocycles. The van der Waals surface area contributed by atoms with Crippen molar-refractivity contribution in [3.63, 3.8) is 0 Å². The lowest BCUT2D eigenvalue weighted by atomic mass is 10.1. The number of carbonyl (C=O) groups is 2. The van der Waals surface area contributed by atoms with Gasteiger partial charge in [-0.25, -0.2) is 0 Å². The molecular formula is C17H18Cl2N2O4. The van der Waals surface area contributed by atoms with Crippen molar-refractivity contribution < 1.29 is 19.4 Å². The van der Waals surface area contributed by atoms with Gasteiger partial charge in [0, 0.05) is 31.0 Å². The summed E-state index contributed by atoms with van der Waals surface area (Å²) in [5.41, 5.74) is 0.489. The highest BCUT2D eigenvalue weighted by Crippen LogP contribution is 2.24. The van der Waals surface area contributed by atoms with Gasteiger partial charge in [0.05, 0.1) is 5.92 Å². The lowest BCUT2D eigenvalue weighted by Crippen LogP contribution is -2.29. The van der Waals surface area contributed by atoms with E-state index in [4.69, 9.17) is 9.84 Å². The molecule has 2 heterocycles. The first-order valence-electron chi connectivity index (χ1n) is 7.33. The average Bonchev–Trinajstić information content (AvgIpc) is 3.06. The van der Waals surface area contributed by atoms with Crippen molar-refractivity contribution in [3.05, 3.63) is 54.4 Å². The van der Waals surface area contributed by atoms with E-state index < -0.39 is 11.9 Å². The number of carbonyl (C=O) groups excluding carboxylic acids is 1. The molecule has 3 rings (SSSR count). The van der Waals surface area contributed by atoms with Crippen molar-refractivity contribution in [2.45, 2.75) is 6.42 Å². The van der Waals surface area contributed by atoms with Gasteiger partial charge in [0.2, 0.25) is 0 Å². The number of ether oxygens (including phenoxy) is 1. The Hall–Kier alpha value is -2.31. The van der Waals surface area contributed by atoms with Crippen LogP contribution in [0.5, 0.6) is 11.5 Å². The number of aliphatic carboxylic acids is 1. The predicted molar refractivity (Wildman–Crippen MR) is 96.9 cm³/mol. The van der Waals surface area contributed by atoms with Crippen LogP contribution < -0.4 is 4.74 Å². The van der Waals surface area contributed by atoms with Crippen LogP contribution in [0, 0.1) is 5.92 Å². The second kappa shape index (κ2) is 9.25. The number of halogens is 2. The molecule has 6 nitrogen and oxygen atoms in total. The SMILES string of the molecule is Cl.Cl.O=C(O)C1CCN(C(=O)c2cccc(Oc3ccncc3)c2)C1. The van der Waals surface area contributed by atoms with Gasteiger partial charge in [-0.05, 0) is 36.8 Å². The summed E-state index contributed by atoms with van der Waals surface area (Å²) in [6.45, 7) is 0.717. The molecule has 1 amide bonds. The third-order valence-corrected chi connectivity index (χ3v) is 3.79. The molecule has 1 aliphatic heterocycles. The monoisotopic (exact) mass is 384 g/mol. The number of pyridine rings is 1. The number of carboxylic acid groups (broad SMARTS) is 1. The van der Waals surface area contributed by atoms with E-state index >= 15 is 0 Å². The van der Waals surface area contributed by atoms with E-state index in [9.17, 15) is 9.59 Å². The molecule has 1 aromatic carbocycles. The number of amides is 1. The number of benzene rings is 1. The fourth-order valence-electron chi connectivity index (χ4n) is 2.56. The number of hydrogen-bond donors (Lipinski definition) is 1. The third-order valence-electron chi connectivity index (χ3n) is 3.79. The Morgan fingerprint density at radius 3 is 2.48 bits per heavy atom. The Balaban J connectivity index is 0.00000156. The molecule has 0 bridgehead atoms. The maximum Gasteiger partial charge on any atom is 0.308 e. The third kappa shape index (κ3) is 5.08. The zero-order chi connectivity index (χ0) is 16.2. The van der Waals surface area contributed by atoms with Crippen LogP contribution >= 0.6 is 24.8 Å². The standard InChI is InChI=1S/C17H16N2O4.2ClH/c20-16(19-9-6-13(11-19)17(21)22)12-2-1-3-15(10-12)23-14-4-7-18-8-5-14;;/h1-5,7-8,10,13H,6,9,11H2,(H,21,22);2*1H. The van der Waals surface area contributed by atoms with Crippen LogP contribution in [0.25, 0.3) is 0 Å². The van der Waals surface area contributed by atoms with Crippen molar-refractivity contribution in [1.29, 1.82) is 0 Å². The average molecular weight is 385 g/mol.